The number of rotatable bonds is 0. The molecule has 0 unspecified atom stereocenters. The van der Waals surface area contributed by atoms with Crippen LogP contribution < -0.4 is 21.8 Å². The van der Waals surface area contributed by atoms with Crippen molar-refractivity contribution in [2.75, 3.05) is 11.5 Å². The van der Waals surface area contributed by atoms with E-state index in [2.05, 4.69) is 20.5 Å². The molecule has 0 spiro atoms. The molecular weight excluding hydrogens is 204 g/mol. The maximum Gasteiger partial charge on any atom is 0.0740 e. The molecule has 0 fully saturated rings. The van der Waals surface area contributed by atoms with Gasteiger partial charge in [0.2, 0.25) is 0 Å². The Morgan fingerprint density at radius 2 is 1.36 bits per heavy atom. The molecule has 14 heavy (non-hydrogen) atoms. The summed E-state index contributed by atoms with van der Waals surface area (Å²) in [7, 11) is 6.99. The fraction of sp³-hybridized carbons (Fsp3) is 0. The zero-order chi connectivity index (χ0) is 10.3. The van der Waals surface area contributed by atoms with E-state index >= 15 is 0 Å². The van der Waals surface area contributed by atoms with E-state index in [1.54, 1.807) is 0 Å². The van der Waals surface area contributed by atoms with E-state index in [0.717, 1.165) is 21.1 Å². The molecule has 0 saturated heterocycles. The molecule has 2 aromatic carbocycles. The van der Waals surface area contributed by atoms with Crippen molar-refractivity contribution in [3.63, 3.8) is 0 Å². The highest BCUT2D eigenvalue weighted by Crippen LogP contribution is 2.22. The fourth-order valence-electron chi connectivity index (χ4n) is 1.49. The van der Waals surface area contributed by atoms with Crippen molar-refractivity contribution in [3.8, 4) is 0 Å². The highest BCUT2D eigenvalue weighted by atomic mass is 28.2. The topological polar surface area (TPSA) is 52.0 Å². The van der Waals surface area contributed by atoms with Crippen LogP contribution in [-0.4, -0.2) is 20.5 Å². The highest BCUT2D eigenvalue weighted by molar-refractivity contribution is 6.55. The Kier molecular flexibility index (Phi) is 2.09. The van der Waals surface area contributed by atoms with Crippen LogP contribution in [0.3, 0.4) is 0 Å². The first-order valence-corrected chi connectivity index (χ1v) is 5.15. The Morgan fingerprint density at radius 3 is 2.00 bits per heavy atom. The van der Waals surface area contributed by atoms with Crippen molar-refractivity contribution < 1.29 is 0 Å². The lowest BCUT2D eigenvalue weighted by atomic mass is 10.1. The van der Waals surface area contributed by atoms with Gasteiger partial charge in [-0.3, -0.25) is 0 Å². The minimum Gasteiger partial charge on any atom is -0.397 e. The summed E-state index contributed by atoms with van der Waals surface area (Å²) in [6, 6.07) is 7.86. The Bertz CT molecular complexity index is 462. The fourth-order valence-corrected chi connectivity index (χ4v) is 2.11. The van der Waals surface area contributed by atoms with E-state index in [4.69, 9.17) is 11.5 Å². The molecule has 66 valence electrons. The maximum absolute atomic E-state index is 5.91. The molecule has 2 rings (SSSR count). The number of hydrogen-bond donors (Lipinski definition) is 2. The number of benzene rings is 2. The molecule has 0 aromatic heterocycles. The van der Waals surface area contributed by atoms with Crippen molar-refractivity contribution in [3.05, 3.63) is 24.3 Å². The zero-order valence-corrected chi connectivity index (χ0v) is 9.46. The van der Waals surface area contributed by atoms with Crippen LogP contribution in [0, 0.1) is 0 Å². The van der Waals surface area contributed by atoms with E-state index < -0.39 is 0 Å². The van der Waals surface area contributed by atoms with Crippen LogP contribution in [0.15, 0.2) is 24.3 Å². The molecule has 2 aromatic rings. The van der Waals surface area contributed by atoms with Gasteiger partial charge in [-0.25, -0.2) is 0 Å². The molecule has 6 radical (unpaired) electrons. The molecule has 4 heteroatoms. The van der Waals surface area contributed by atoms with E-state index in [1.807, 2.05) is 24.3 Å². The normalized spacial score (nSPS) is 10.7. The summed E-state index contributed by atoms with van der Waals surface area (Å²) < 4.78 is 0. The molecule has 0 atom stereocenters. The second kappa shape index (κ2) is 3.14. The number of anilines is 2. The molecule has 2 nitrogen and oxygen atoms in total. The summed E-state index contributed by atoms with van der Waals surface area (Å²) >= 11 is 0. The van der Waals surface area contributed by atoms with E-state index in [0.29, 0.717) is 11.4 Å². The Morgan fingerprint density at radius 1 is 0.786 bits per heavy atom. The van der Waals surface area contributed by atoms with Crippen LogP contribution in [0.25, 0.3) is 10.8 Å². The summed E-state index contributed by atoms with van der Waals surface area (Å²) in [6.07, 6.45) is 0. The van der Waals surface area contributed by atoms with Gasteiger partial charge < -0.3 is 11.5 Å². The molecule has 0 heterocycles. The molecule has 4 N–H and O–H groups in total. The van der Waals surface area contributed by atoms with Gasteiger partial charge in [0, 0.05) is 5.39 Å². The van der Waals surface area contributed by atoms with Gasteiger partial charge in [0.25, 0.3) is 0 Å². The maximum atomic E-state index is 5.91. The van der Waals surface area contributed by atoms with Gasteiger partial charge in [0.1, 0.15) is 0 Å². The van der Waals surface area contributed by atoms with Crippen molar-refractivity contribution >= 4 is 53.0 Å². The monoisotopic (exact) mass is 212 g/mol. The van der Waals surface area contributed by atoms with Crippen molar-refractivity contribution in [2.24, 2.45) is 0 Å². The summed E-state index contributed by atoms with van der Waals surface area (Å²) in [6.45, 7) is 0. The van der Waals surface area contributed by atoms with Gasteiger partial charge >= 0.3 is 0 Å². The second-order valence-electron chi connectivity index (χ2n) is 3.12. The van der Waals surface area contributed by atoms with Crippen LogP contribution in [0.2, 0.25) is 0 Å². The average molecular weight is 212 g/mol. The van der Waals surface area contributed by atoms with Crippen molar-refractivity contribution in [2.45, 2.75) is 0 Å². The van der Waals surface area contributed by atoms with Gasteiger partial charge in [-0.2, -0.15) is 0 Å². The summed E-state index contributed by atoms with van der Waals surface area (Å²) in [5, 5.41) is 3.76. The van der Waals surface area contributed by atoms with Gasteiger partial charge in [-0.1, -0.05) is 29.5 Å². The van der Waals surface area contributed by atoms with Crippen LogP contribution in [0.5, 0.6) is 0 Å². The Balaban J connectivity index is 3.02. The van der Waals surface area contributed by atoms with Gasteiger partial charge in [0.05, 0.1) is 31.9 Å². The number of nitrogen functional groups attached to an aromatic ring is 2. The van der Waals surface area contributed by atoms with Gasteiger partial charge in [-0.15, -0.1) is 0 Å². The van der Waals surface area contributed by atoms with E-state index in [-0.39, 0.29) is 0 Å². The Hall–Kier alpha value is -1.27. The second-order valence-corrected chi connectivity index (χ2v) is 4.12. The van der Waals surface area contributed by atoms with Crippen LogP contribution in [0.4, 0.5) is 11.4 Å². The molecule has 0 saturated carbocycles. The number of nitrogens with two attached hydrogens (primary N) is 2. The minimum atomic E-state index is 0.574. The highest BCUT2D eigenvalue weighted by Gasteiger charge is 2.08. The minimum absolute atomic E-state index is 0.574. The first kappa shape index (κ1) is 9.30. The van der Waals surface area contributed by atoms with Crippen LogP contribution in [-0.2, 0) is 0 Å². The first-order chi connectivity index (χ1) is 6.63. The number of hydrogen-bond acceptors (Lipinski definition) is 2. The third-order valence-corrected chi connectivity index (χ3v) is 3.58. The van der Waals surface area contributed by atoms with Crippen molar-refractivity contribution in [1.29, 1.82) is 0 Å². The van der Waals surface area contributed by atoms with E-state index in [9.17, 15) is 0 Å². The summed E-state index contributed by atoms with van der Waals surface area (Å²) in [5.41, 5.74) is 12.9. The molecule has 0 amide bonds. The lowest BCUT2D eigenvalue weighted by molar-refractivity contribution is 1.76. The quantitative estimate of drug-likeness (QED) is 0.461. The molecule has 0 aliphatic rings. The van der Waals surface area contributed by atoms with Crippen LogP contribution in [0.1, 0.15) is 0 Å². The zero-order valence-electron chi connectivity index (χ0n) is 7.46. The molecule has 0 bridgehead atoms. The largest absolute Gasteiger partial charge is 0.397 e. The Labute approximate surface area is 89.1 Å². The third-order valence-electron chi connectivity index (χ3n) is 2.30. The van der Waals surface area contributed by atoms with Gasteiger partial charge in [-0.05, 0) is 10.6 Å². The summed E-state index contributed by atoms with van der Waals surface area (Å²) in [5.74, 6) is 0. The van der Waals surface area contributed by atoms with Gasteiger partial charge in [0.15, 0.2) is 0 Å². The predicted octanol–water partition coefficient (Wildman–Crippen LogP) is -0.408. The van der Waals surface area contributed by atoms with E-state index in [1.165, 1.54) is 0 Å². The smallest absolute Gasteiger partial charge is 0.0740 e. The first-order valence-electron chi connectivity index (χ1n) is 4.15. The standard InChI is InChI=1S/C10H8N2Si2/c11-7-5-3-1-2-4-6(5)9(13)10(14)8(7)12/h1-4H,11-12H2. The number of fused-ring (bicyclic) bond motifs is 1. The average Bonchev–Trinajstić information content (AvgIpc) is 2.23. The predicted molar refractivity (Wildman–Crippen MR) is 63.5 cm³/mol. The summed E-state index contributed by atoms with van der Waals surface area (Å²) in [4.78, 5) is 0. The lowest BCUT2D eigenvalue weighted by Crippen LogP contribution is -2.30. The third kappa shape index (κ3) is 1.15. The SMILES string of the molecule is Nc1c([Si])c([Si])c2ccccc2c1N. The molecule has 0 aliphatic heterocycles. The molecular formula is C10H8N2Si2. The van der Waals surface area contributed by atoms with Crippen molar-refractivity contribution in [1.82, 2.24) is 0 Å². The molecule has 0 aliphatic carbocycles. The van der Waals surface area contributed by atoms with Crippen LogP contribution >= 0.6 is 0 Å². The lowest BCUT2D eigenvalue weighted by Gasteiger charge is -2.12.